The molecule has 7 nitrogen and oxygen atoms in total. The molecule has 0 spiro atoms. The fourth-order valence-electron chi connectivity index (χ4n) is 1.41. The van der Waals surface area contributed by atoms with E-state index >= 15 is 0 Å². The number of unbranched alkanes of at least 4 members (excludes halogenated alkanes) is 1. The van der Waals surface area contributed by atoms with Crippen LogP contribution < -0.4 is 10.6 Å². The molecule has 0 aliphatic rings. The van der Waals surface area contributed by atoms with Gasteiger partial charge in [-0.1, -0.05) is 13.3 Å². The number of nitrogens with one attached hydrogen (secondary N) is 2. The van der Waals surface area contributed by atoms with Crippen LogP contribution in [0.5, 0.6) is 0 Å². The number of ether oxygens (including phenoxy) is 1. The number of hydrogen-bond acceptors (Lipinski definition) is 4. The number of aryl methyl sites for hydroxylation is 1. The molecule has 0 saturated heterocycles. The van der Waals surface area contributed by atoms with Gasteiger partial charge in [-0.15, -0.1) is 0 Å². The van der Waals surface area contributed by atoms with E-state index in [1.54, 1.807) is 7.05 Å². The van der Waals surface area contributed by atoms with Crippen LogP contribution >= 0.6 is 0 Å². The highest BCUT2D eigenvalue weighted by Gasteiger charge is 2.18. The number of urea groups is 1. The van der Waals surface area contributed by atoms with E-state index in [2.05, 4.69) is 20.5 Å². The Morgan fingerprint density at radius 2 is 2.22 bits per heavy atom. The van der Waals surface area contributed by atoms with Crippen molar-refractivity contribution in [3.05, 3.63) is 11.9 Å². The van der Waals surface area contributed by atoms with Crippen molar-refractivity contribution in [3.8, 4) is 0 Å². The maximum absolute atomic E-state index is 11.5. The van der Waals surface area contributed by atoms with Crippen LogP contribution in [-0.2, 0) is 11.8 Å². The highest BCUT2D eigenvalue weighted by atomic mass is 16.5. The molecule has 0 saturated carbocycles. The molecule has 1 heterocycles. The van der Waals surface area contributed by atoms with Crippen molar-refractivity contribution in [1.82, 2.24) is 15.1 Å². The van der Waals surface area contributed by atoms with Crippen LogP contribution in [-0.4, -0.2) is 35.4 Å². The van der Waals surface area contributed by atoms with Crippen molar-refractivity contribution in [2.75, 3.05) is 19.0 Å². The summed E-state index contributed by atoms with van der Waals surface area (Å²) in [4.78, 5) is 23.1. The van der Waals surface area contributed by atoms with Gasteiger partial charge in [0.05, 0.1) is 19.0 Å². The molecule has 0 fully saturated rings. The maximum Gasteiger partial charge on any atom is 0.358 e. The molecule has 0 unspecified atom stereocenters. The van der Waals surface area contributed by atoms with Gasteiger partial charge in [-0.05, 0) is 6.42 Å². The van der Waals surface area contributed by atoms with E-state index in [1.807, 2.05) is 6.92 Å². The van der Waals surface area contributed by atoms with E-state index in [0.29, 0.717) is 12.2 Å². The topological polar surface area (TPSA) is 85.3 Å². The zero-order valence-electron chi connectivity index (χ0n) is 10.8. The number of anilines is 1. The number of aromatic nitrogens is 2. The number of carbonyl (C=O) groups excluding carboxylic acids is 2. The highest BCUT2D eigenvalue weighted by Crippen LogP contribution is 2.14. The third-order valence-electron chi connectivity index (χ3n) is 2.38. The molecule has 0 atom stereocenters. The van der Waals surface area contributed by atoms with E-state index in [4.69, 9.17) is 0 Å². The van der Waals surface area contributed by atoms with Crippen LogP contribution in [0.25, 0.3) is 0 Å². The van der Waals surface area contributed by atoms with E-state index in [-0.39, 0.29) is 11.7 Å². The first-order chi connectivity index (χ1) is 8.60. The zero-order valence-corrected chi connectivity index (χ0v) is 10.8. The minimum absolute atomic E-state index is 0.211. The molecule has 1 rings (SSSR count). The molecule has 0 aliphatic carbocycles. The van der Waals surface area contributed by atoms with Gasteiger partial charge in [-0.3, -0.25) is 4.68 Å². The number of methoxy groups -OCH3 is 1. The van der Waals surface area contributed by atoms with Crippen molar-refractivity contribution >= 4 is 17.7 Å². The first-order valence-electron chi connectivity index (χ1n) is 5.75. The minimum Gasteiger partial charge on any atom is -0.464 e. The molecule has 2 amide bonds. The molecular weight excluding hydrogens is 236 g/mol. The molecule has 1 aromatic rings. The summed E-state index contributed by atoms with van der Waals surface area (Å²) in [5, 5.41) is 9.17. The van der Waals surface area contributed by atoms with Crippen LogP contribution in [0.4, 0.5) is 10.5 Å². The molecule has 0 aromatic carbocycles. The summed E-state index contributed by atoms with van der Waals surface area (Å²) in [7, 11) is 2.88. The third kappa shape index (κ3) is 3.47. The second-order valence-electron chi connectivity index (χ2n) is 3.76. The molecule has 1 aromatic heterocycles. The summed E-state index contributed by atoms with van der Waals surface area (Å²) in [5.41, 5.74) is 0.543. The van der Waals surface area contributed by atoms with Crippen molar-refractivity contribution in [3.63, 3.8) is 0 Å². The predicted molar refractivity (Wildman–Crippen MR) is 66.5 cm³/mol. The van der Waals surface area contributed by atoms with Crippen LogP contribution in [0.2, 0.25) is 0 Å². The van der Waals surface area contributed by atoms with Gasteiger partial charge in [0.2, 0.25) is 0 Å². The fraction of sp³-hybridized carbons (Fsp3) is 0.545. The zero-order chi connectivity index (χ0) is 13.5. The number of esters is 1. The number of rotatable bonds is 5. The second-order valence-corrected chi connectivity index (χ2v) is 3.76. The van der Waals surface area contributed by atoms with Crippen LogP contribution in [0.1, 0.15) is 30.3 Å². The summed E-state index contributed by atoms with van der Waals surface area (Å²) in [6.07, 6.45) is 3.32. The van der Waals surface area contributed by atoms with Gasteiger partial charge in [0, 0.05) is 13.6 Å². The van der Waals surface area contributed by atoms with Gasteiger partial charge in [-0.25, -0.2) is 9.59 Å². The van der Waals surface area contributed by atoms with Crippen molar-refractivity contribution in [2.45, 2.75) is 19.8 Å². The van der Waals surface area contributed by atoms with Crippen molar-refractivity contribution in [1.29, 1.82) is 0 Å². The standard InChI is InChI=1S/C11H18N4O3/c1-4-5-6-12-11(17)14-8-7-13-15(2)9(8)10(16)18-3/h7H,4-6H2,1-3H3,(H2,12,14,17). The van der Waals surface area contributed by atoms with Gasteiger partial charge in [0.1, 0.15) is 0 Å². The summed E-state index contributed by atoms with van der Waals surface area (Å²) in [5.74, 6) is -0.543. The SMILES string of the molecule is CCCCNC(=O)Nc1cnn(C)c1C(=O)OC. The number of carbonyl (C=O) groups is 2. The normalized spacial score (nSPS) is 9.94. The largest absolute Gasteiger partial charge is 0.464 e. The number of nitrogens with zero attached hydrogens (tertiary/aromatic N) is 2. The quantitative estimate of drug-likeness (QED) is 0.609. The smallest absolute Gasteiger partial charge is 0.358 e. The first-order valence-corrected chi connectivity index (χ1v) is 5.75. The van der Waals surface area contributed by atoms with Crippen LogP contribution in [0.3, 0.4) is 0 Å². The molecule has 0 aliphatic heterocycles. The molecule has 100 valence electrons. The Bertz CT molecular complexity index is 428. The Hall–Kier alpha value is -2.05. The van der Waals surface area contributed by atoms with E-state index in [0.717, 1.165) is 12.8 Å². The monoisotopic (exact) mass is 254 g/mol. The Balaban J connectivity index is 2.67. The average molecular weight is 254 g/mol. The molecule has 2 N–H and O–H groups in total. The van der Waals surface area contributed by atoms with E-state index in [1.165, 1.54) is 18.0 Å². The fourth-order valence-corrected chi connectivity index (χ4v) is 1.41. The third-order valence-corrected chi connectivity index (χ3v) is 2.38. The summed E-state index contributed by atoms with van der Waals surface area (Å²) in [6.45, 7) is 2.63. The molecule has 0 radical (unpaired) electrons. The van der Waals surface area contributed by atoms with Gasteiger partial charge in [0.25, 0.3) is 0 Å². The molecule has 18 heavy (non-hydrogen) atoms. The summed E-state index contributed by atoms with van der Waals surface area (Å²) < 4.78 is 5.98. The van der Waals surface area contributed by atoms with Crippen molar-refractivity contribution in [2.24, 2.45) is 7.05 Å². The molecular formula is C11H18N4O3. The summed E-state index contributed by atoms with van der Waals surface area (Å²) in [6, 6.07) is -0.360. The molecule has 7 heteroatoms. The van der Waals surface area contributed by atoms with Gasteiger partial charge in [0.15, 0.2) is 5.69 Å². The number of hydrogen-bond donors (Lipinski definition) is 2. The molecule has 0 bridgehead atoms. The van der Waals surface area contributed by atoms with Gasteiger partial charge >= 0.3 is 12.0 Å². The Morgan fingerprint density at radius 1 is 1.50 bits per heavy atom. The minimum atomic E-state index is -0.543. The van der Waals surface area contributed by atoms with E-state index < -0.39 is 5.97 Å². The van der Waals surface area contributed by atoms with Gasteiger partial charge in [-0.2, -0.15) is 5.10 Å². The lowest BCUT2D eigenvalue weighted by Crippen LogP contribution is -2.30. The van der Waals surface area contributed by atoms with E-state index in [9.17, 15) is 9.59 Å². The summed E-state index contributed by atoms with van der Waals surface area (Å²) >= 11 is 0. The lowest BCUT2D eigenvalue weighted by atomic mass is 10.3. The Labute approximate surface area is 105 Å². The van der Waals surface area contributed by atoms with Crippen molar-refractivity contribution < 1.29 is 14.3 Å². The lowest BCUT2D eigenvalue weighted by molar-refractivity contribution is 0.0589. The Kier molecular flexibility index (Phi) is 5.16. The van der Waals surface area contributed by atoms with Crippen LogP contribution in [0, 0.1) is 0 Å². The number of amides is 2. The van der Waals surface area contributed by atoms with Crippen LogP contribution in [0.15, 0.2) is 6.20 Å². The Morgan fingerprint density at radius 3 is 2.83 bits per heavy atom. The lowest BCUT2D eigenvalue weighted by Gasteiger charge is -2.07. The average Bonchev–Trinajstić information content (AvgIpc) is 2.70. The first kappa shape index (κ1) is 14.0. The highest BCUT2D eigenvalue weighted by molar-refractivity contribution is 5.99. The van der Waals surface area contributed by atoms with Gasteiger partial charge < -0.3 is 15.4 Å². The second kappa shape index (κ2) is 6.63. The predicted octanol–water partition coefficient (Wildman–Crippen LogP) is 1.13. The maximum atomic E-state index is 11.5.